The first kappa shape index (κ1) is 11.9. The van der Waals surface area contributed by atoms with Crippen LogP contribution in [0.25, 0.3) is 15.5 Å². The molecule has 94 valence electrons. The quantitative estimate of drug-likeness (QED) is 0.798. The average Bonchev–Trinajstić information content (AvgIpc) is 2.99. The Morgan fingerprint density at radius 1 is 1.39 bits per heavy atom. The van der Waals surface area contributed by atoms with Crippen molar-refractivity contribution in [3.8, 4) is 10.6 Å². The van der Waals surface area contributed by atoms with Crippen LogP contribution < -0.4 is 5.73 Å². The molecule has 5 heteroatoms. The standard InChI is InChI=1S/C13H15N3S2/c1-8-10(5-6-14)16-12(11-4-3-7-17-11)9(2)18-13(16)15-8/h3-4,7H,5-6,14H2,1-2H3. The van der Waals surface area contributed by atoms with E-state index in [-0.39, 0.29) is 0 Å². The summed E-state index contributed by atoms with van der Waals surface area (Å²) in [6.07, 6.45) is 0.877. The molecule has 0 spiro atoms. The van der Waals surface area contributed by atoms with Crippen LogP contribution in [0.15, 0.2) is 17.5 Å². The molecule has 0 aliphatic heterocycles. The number of thiophene rings is 1. The van der Waals surface area contributed by atoms with E-state index in [1.165, 1.54) is 21.1 Å². The second-order valence-corrected chi connectivity index (χ2v) is 6.41. The Bertz CT molecular complexity index is 677. The molecule has 3 aromatic heterocycles. The Morgan fingerprint density at radius 3 is 2.89 bits per heavy atom. The third-order valence-electron chi connectivity index (χ3n) is 3.08. The largest absolute Gasteiger partial charge is 0.330 e. The highest BCUT2D eigenvalue weighted by molar-refractivity contribution is 7.18. The molecule has 3 rings (SSSR count). The van der Waals surface area contributed by atoms with E-state index in [0.29, 0.717) is 6.54 Å². The smallest absolute Gasteiger partial charge is 0.194 e. The second kappa shape index (κ2) is 4.50. The topological polar surface area (TPSA) is 43.3 Å². The van der Waals surface area contributed by atoms with Crippen LogP contribution in [0.5, 0.6) is 0 Å². The second-order valence-electron chi connectivity index (χ2n) is 4.28. The van der Waals surface area contributed by atoms with E-state index >= 15 is 0 Å². The lowest BCUT2D eigenvalue weighted by Gasteiger charge is -2.04. The van der Waals surface area contributed by atoms with Gasteiger partial charge in [-0.1, -0.05) is 6.07 Å². The summed E-state index contributed by atoms with van der Waals surface area (Å²) in [7, 11) is 0. The molecule has 0 radical (unpaired) electrons. The number of hydrogen-bond acceptors (Lipinski definition) is 4. The minimum Gasteiger partial charge on any atom is -0.330 e. The number of nitrogens with zero attached hydrogens (tertiary/aromatic N) is 2. The van der Waals surface area contributed by atoms with Gasteiger partial charge in [0.2, 0.25) is 0 Å². The predicted octanol–water partition coefficient (Wildman–Crippen LogP) is 3.24. The van der Waals surface area contributed by atoms with E-state index in [9.17, 15) is 0 Å². The van der Waals surface area contributed by atoms with Gasteiger partial charge in [0.1, 0.15) is 0 Å². The Balaban J connectivity index is 2.32. The SMILES string of the molecule is Cc1nc2sc(C)c(-c3cccs3)n2c1CCN. The van der Waals surface area contributed by atoms with Crippen molar-refractivity contribution < 1.29 is 0 Å². The van der Waals surface area contributed by atoms with Gasteiger partial charge in [-0.25, -0.2) is 4.98 Å². The molecule has 0 aliphatic rings. The molecule has 0 unspecified atom stereocenters. The van der Waals surface area contributed by atoms with Gasteiger partial charge in [0.15, 0.2) is 4.96 Å². The Hall–Kier alpha value is -1.17. The van der Waals surface area contributed by atoms with E-state index in [0.717, 1.165) is 17.1 Å². The maximum atomic E-state index is 5.72. The summed E-state index contributed by atoms with van der Waals surface area (Å²) < 4.78 is 2.29. The van der Waals surface area contributed by atoms with Crippen molar-refractivity contribution in [3.63, 3.8) is 0 Å². The summed E-state index contributed by atoms with van der Waals surface area (Å²) in [6.45, 7) is 4.89. The van der Waals surface area contributed by atoms with Gasteiger partial charge in [-0.05, 0) is 31.8 Å². The van der Waals surface area contributed by atoms with Gasteiger partial charge in [0.05, 0.1) is 16.3 Å². The number of hydrogen-bond donors (Lipinski definition) is 1. The van der Waals surface area contributed by atoms with Crippen LogP contribution in [0.1, 0.15) is 16.3 Å². The highest BCUT2D eigenvalue weighted by Crippen LogP contribution is 2.35. The number of aryl methyl sites for hydroxylation is 2. The molecule has 0 atom stereocenters. The molecule has 0 saturated heterocycles. The van der Waals surface area contributed by atoms with Crippen LogP contribution in [0.3, 0.4) is 0 Å². The molecule has 18 heavy (non-hydrogen) atoms. The van der Waals surface area contributed by atoms with Crippen LogP contribution in [-0.4, -0.2) is 15.9 Å². The Labute approximate surface area is 114 Å². The number of nitrogens with two attached hydrogens (primary N) is 1. The zero-order chi connectivity index (χ0) is 12.7. The first-order chi connectivity index (χ1) is 8.72. The van der Waals surface area contributed by atoms with E-state index < -0.39 is 0 Å². The third kappa shape index (κ3) is 1.70. The fourth-order valence-electron chi connectivity index (χ4n) is 2.30. The molecule has 0 aliphatic carbocycles. The lowest BCUT2D eigenvalue weighted by molar-refractivity contribution is 0.899. The van der Waals surface area contributed by atoms with Crippen LogP contribution in [-0.2, 0) is 6.42 Å². The Morgan fingerprint density at radius 2 is 2.22 bits per heavy atom. The summed E-state index contributed by atoms with van der Waals surface area (Å²) in [5.74, 6) is 0. The first-order valence-electron chi connectivity index (χ1n) is 5.93. The van der Waals surface area contributed by atoms with Gasteiger partial charge in [0.25, 0.3) is 0 Å². The van der Waals surface area contributed by atoms with Crippen molar-refractivity contribution in [2.75, 3.05) is 6.54 Å². The van der Waals surface area contributed by atoms with Crippen LogP contribution in [0.2, 0.25) is 0 Å². The van der Waals surface area contributed by atoms with Gasteiger partial charge in [-0.2, -0.15) is 0 Å². The minimum absolute atomic E-state index is 0.660. The molecule has 3 aromatic rings. The summed E-state index contributed by atoms with van der Waals surface area (Å²) in [4.78, 5) is 8.35. The fourth-order valence-corrected chi connectivity index (χ4v) is 4.23. The first-order valence-corrected chi connectivity index (χ1v) is 7.63. The highest BCUT2D eigenvalue weighted by Gasteiger charge is 2.18. The number of aromatic nitrogens is 2. The van der Waals surface area contributed by atoms with Gasteiger partial charge >= 0.3 is 0 Å². The summed E-state index contributed by atoms with van der Waals surface area (Å²) >= 11 is 3.53. The molecule has 3 nitrogen and oxygen atoms in total. The molecular formula is C13H15N3S2. The van der Waals surface area contributed by atoms with Gasteiger partial charge in [-0.3, -0.25) is 4.40 Å². The molecule has 0 fully saturated rings. The monoisotopic (exact) mass is 277 g/mol. The number of imidazole rings is 1. The number of rotatable bonds is 3. The molecule has 3 heterocycles. The fraction of sp³-hybridized carbons (Fsp3) is 0.308. The Kier molecular flexibility index (Phi) is 2.97. The molecular weight excluding hydrogens is 262 g/mol. The van der Waals surface area contributed by atoms with Crippen molar-refractivity contribution in [1.82, 2.24) is 9.38 Å². The van der Waals surface area contributed by atoms with Gasteiger partial charge < -0.3 is 5.73 Å². The van der Waals surface area contributed by atoms with Gasteiger partial charge in [0, 0.05) is 17.0 Å². The average molecular weight is 277 g/mol. The molecule has 0 bridgehead atoms. The zero-order valence-electron chi connectivity index (χ0n) is 10.4. The zero-order valence-corrected chi connectivity index (χ0v) is 12.1. The van der Waals surface area contributed by atoms with E-state index in [4.69, 9.17) is 5.73 Å². The van der Waals surface area contributed by atoms with E-state index in [2.05, 4.69) is 40.7 Å². The molecule has 0 aromatic carbocycles. The highest BCUT2D eigenvalue weighted by atomic mass is 32.1. The molecule has 0 saturated carbocycles. The van der Waals surface area contributed by atoms with Crippen molar-refractivity contribution >= 4 is 27.6 Å². The van der Waals surface area contributed by atoms with E-state index in [1.807, 2.05) is 0 Å². The van der Waals surface area contributed by atoms with Crippen molar-refractivity contribution in [3.05, 3.63) is 33.8 Å². The predicted molar refractivity (Wildman–Crippen MR) is 78.6 cm³/mol. The summed E-state index contributed by atoms with van der Waals surface area (Å²) in [6, 6.07) is 4.26. The molecule has 0 amide bonds. The van der Waals surface area contributed by atoms with Crippen molar-refractivity contribution in [1.29, 1.82) is 0 Å². The third-order valence-corrected chi connectivity index (χ3v) is 4.91. The maximum Gasteiger partial charge on any atom is 0.194 e. The normalized spacial score (nSPS) is 11.5. The van der Waals surface area contributed by atoms with Crippen LogP contribution in [0.4, 0.5) is 0 Å². The minimum atomic E-state index is 0.660. The van der Waals surface area contributed by atoms with Crippen LogP contribution in [0, 0.1) is 13.8 Å². The van der Waals surface area contributed by atoms with Crippen LogP contribution >= 0.6 is 22.7 Å². The number of fused-ring (bicyclic) bond motifs is 1. The van der Waals surface area contributed by atoms with E-state index in [1.54, 1.807) is 22.7 Å². The summed E-state index contributed by atoms with van der Waals surface area (Å²) in [5, 5.41) is 2.12. The summed E-state index contributed by atoms with van der Waals surface area (Å²) in [5.41, 5.74) is 9.36. The van der Waals surface area contributed by atoms with Crippen molar-refractivity contribution in [2.24, 2.45) is 5.73 Å². The number of thiazole rings is 1. The van der Waals surface area contributed by atoms with Crippen molar-refractivity contribution in [2.45, 2.75) is 20.3 Å². The lowest BCUT2D eigenvalue weighted by Crippen LogP contribution is -2.06. The lowest BCUT2D eigenvalue weighted by atomic mass is 10.2. The molecule has 2 N–H and O–H groups in total. The maximum absolute atomic E-state index is 5.72. The van der Waals surface area contributed by atoms with Gasteiger partial charge in [-0.15, -0.1) is 22.7 Å².